The van der Waals surface area contributed by atoms with Crippen molar-refractivity contribution in [1.82, 2.24) is 14.8 Å². The normalized spacial score (nSPS) is 10.5. The molecule has 0 fully saturated rings. The fourth-order valence-electron chi connectivity index (χ4n) is 2.03. The molecule has 0 bridgehead atoms. The number of rotatable bonds is 4. The predicted octanol–water partition coefficient (Wildman–Crippen LogP) is 1.68. The van der Waals surface area contributed by atoms with Crippen LogP contribution in [0.2, 0.25) is 0 Å². The van der Waals surface area contributed by atoms with E-state index in [0.29, 0.717) is 11.5 Å². The molecular formula is C13H17N5S. The van der Waals surface area contributed by atoms with Gasteiger partial charge < -0.3 is 11.1 Å². The summed E-state index contributed by atoms with van der Waals surface area (Å²) >= 11 is 5.07. The lowest BCUT2D eigenvalue weighted by atomic mass is 10.2. The van der Waals surface area contributed by atoms with Crippen LogP contribution in [-0.2, 0) is 13.6 Å². The van der Waals surface area contributed by atoms with Crippen molar-refractivity contribution < 1.29 is 0 Å². The molecule has 0 atom stereocenters. The van der Waals surface area contributed by atoms with Gasteiger partial charge in [-0.1, -0.05) is 18.3 Å². The third-order valence-electron chi connectivity index (χ3n) is 2.85. The molecule has 6 heteroatoms. The third-order valence-corrected chi connectivity index (χ3v) is 3.06. The van der Waals surface area contributed by atoms with E-state index in [1.165, 1.54) is 0 Å². The van der Waals surface area contributed by atoms with E-state index >= 15 is 0 Å². The van der Waals surface area contributed by atoms with Crippen LogP contribution in [0, 0.1) is 13.8 Å². The van der Waals surface area contributed by atoms with Crippen LogP contribution in [0.1, 0.15) is 22.6 Å². The largest absolute Gasteiger partial charge is 0.389 e. The van der Waals surface area contributed by atoms with Crippen molar-refractivity contribution in [2.24, 2.45) is 12.8 Å². The molecule has 0 amide bonds. The van der Waals surface area contributed by atoms with Gasteiger partial charge in [-0.2, -0.15) is 5.10 Å². The highest BCUT2D eigenvalue weighted by atomic mass is 32.1. The minimum absolute atomic E-state index is 0.352. The van der Waals surface area contributed by atoms with Gasteiger partial charge in [-0.25, -0.2) is 0 Å². The van der Waals surface area contributed by atoms with Crippen LogP contribution in [0.5, 0.6) is 0 Å². The first-order chi connectivity index (χ1) is 8.99. The highest BCUT2D eigenvalue weighted by molar-refractivity contribution is 7.80. The molecule has 0 saturated heterocycles. The molecule has 0 aromatic carbocycles. The molecular weight excluding hydrogens is 258 g/mol. The standard InChI is InChI=1S/C13H17N5S/c1-8-5-4-6-10(16-8)7-15-13-11(12(14)19)9(2)17-18(13)3/h4-6,15H,7H2,1-3H3,(H2,14,19). The lowest BCUT2D eigenvalue weighted by Gasteiger charge is -2.09. The summed E-state index contributed by atoms with van der Waals surface area (Å²) in [5, 5.41) is 7.63. The van der Waals surface area contributed by atoms with Crippen molar-refractivity contribution in [2.45, 2.75) is 20.4 Å². The van der Waals surface area contributed by atoms with Crippen molar-refractivity contribution in [3.63, 3.8) is 0 Å². The predicted molar refractivity (Wildman–Crippen MR) is 80.1 cm³/mol. The van der Waals surface area contributed by atoms with Crippen molar-refractivity contribution in [2.75, 3.05) is 5.32 Å². The van der Waals surface area contributed by atoms with E-state index in [9.17, 15) is 0 Å². The van der Waals surface area contributed by atoms with Gasteiger partial charge in [-0.05, 0) is 26.0 Å². The van der Waals surface area contributed by atoms with Gasteiger partial charge in [-0.15, -0.1) is 0 Å². The number of hydrogen-bond donors (Lipinski definition) is 2. The molecule has 2 rings (SSSR count). The zero-order valence-electron chi connectivity index (χ0n) is 11.3. The van der Waals surface area contributed by atoms with Gasteiger partial charge in [0.25, 0.3) is 0 Å². The molecule has 0 spiro atoms. The maximum absolute atomic E-state index is 5.74. The zero-order valence-corrected chi connectivity index (χ0v) is 12.1. The summed E-state index contributed by atoms with van der Waals surface area (Å²) < 4.78 is 1.75. The van der Waals surface area contributed by atoms with Crippen molar-refractivity contribution in [3.05, 3.63) is 40.8 Å². The first-order valence-corrected chi connectivity index (χ1v) is 6.39. The Bertz CT molecular complexity index is 617. The minimum atomic E-state index is 0.352. The first kappa shape index (κ1) is 13.5. The van der Waals surface area contributed by atoms with Gasteiger partial charge in [0.2, 0.25) is 0 Å². The second-order valence-corrected chi connectivity index (χ2v) is 4.86. The Kier molecular flexibility index (Phi) is 3.80. The summed E-state index contributed by atoms with van der Waals surface area (Å²) in [6, 6.07) is 5.93. The first-order valence-electron chi connectivity index (χ1n) is 5.99. The number of aryl methyl sites for hydroxylation is 3. The highest BCUT2D eigenvalue weighted by Gasteiger charge is 2.15. The van der Waals surface area contributed by atoms with Gasteiger partial charge in [0, 0.05) is 12.7 Å². The maximum atomic E-state index is 5.74. The van der Waals surface area contributed by atoms with Crippen molar-refractivity contribution >= 4 is 23.0 Å². The molecule has 19 heavy (non-hydrogen) atoms. The van der Waals surface area contributed by atoms with Crippen LogP contribution >= 0.6 is 12.2 Å². The van der Waals surface area contributed by atoms with Crippen LogP contribution in [0.3, 0.4) is 0 Å². The number of aromatic nitrogens is 3. The Hall–Kier alpha value is -1.95. The lowest BCUT2D eigenvalue weighted by Crippen LogP contribution is -2.14. The zero-order chi connectivity index (χ0) is 14.0. The molecule has 2 aromatic rings. The van der Waals surface area contributed by atoms with Crippen LogP contribution in [0.4, 0.5) is 5.82 Å². The van der Waals surface area contributed by atoms with Crippen LogP contribution in [0.25, 0.3) is 0 Å². The lowest BCUT2D eigenvalue weighted by molar-refractivity contribution is 0.757. The maximum Gasteiger partial charge on any atom is 0.134 e. The molecule has 100 valence electrons. The summed E-state index contributed by atoms with van der Waals surface area (Å²) in [6.45, 7) is 4.47. The summed E-state index contributed by atoms with van der Waals surface area (Å²) in [5.74, 6) is 0.827. The summed E-state index contributed by atoms with van der Waals surface area (Å²) in [5.41, 5.74) is 9.33. The second kappa shape index (κ2) is 5.36. The molecule has 2 heterocycles. The SMILES string of the molecule is Cc1cccc(CNc2c(C(N)=S)c(C)nn2C)n1. The smallest absolute Gasteiger partial charge is 0.134 e. The number of anilines is 1. The van der Waals surface area contributed by atoms with Gasteiger partial charge in [0.1, 0.15) is 10.8 Å². The monoisotopic (exact) mass is 275 g/mol. The molecule has 0 radical (unpaired) electrons. The van der Waals surface area contributed by atoms with E-state index in [1.807, 2.05) is 39.1 Å². The summed E-state index contributed by atoms with van der Waals surface area (Å²) in [4.78, 5) is 4.80. The van der Waals surface area contributed by atoms with E-state index in [2.05, 4.69) is 15.4 Å². The average Bonchev–Trinajstić information content (AvgIpc) is 2.61. The molecule has 0 aliphatic heterocycles. The van der Waals surface area contributed by atoms with E-state index in [0.717, 1.165) is 28.5 Å². The summed E-state index contributed by atoms with van der Waals surface area (Å²) in [6.07, 6.45) is 0. The highest BCUT2D eigenvalue weighted by Crippen LogP contribution is 2.19. The van der Waals surface area contributed by atoms with Crippen molar-refractivity contribution in [3.8, 4) is 0 Å². The molecule has 0 unspecified atom stereocenters. The van der Waals surface area contributed by atoms with E-state index in [1.54, 1.807) is 4.68 Å². The molecule has 5 nitrogen and oxygen atoms in total. The number of thiocarbonyl (C=S) groups is 1. The Morgan fingerprint density at radius 2 is 2.16 bits per heavy atom. The topological polar surface area (TPSA) is 68.8 Å². The molecule has 0 aliphatic carbocycles. The number of pyridine rings is 1. The number of nitrogens with zero attached hydrogens (tertiary/aromatic N) is 3. The molecule has 3 N–H and O–H groups in total. The van der Waals surface area contributed by atoms with E-state index in [-0.39, 0.29) is 0 Å². The number of hydrogen-bond acceptors (Lipinski definition) is 4. The van der Waals surface area contributed by atoms with Crippen LogP contribution in [0.15, 0.2) is 18.2 Å². The fraction of sp³-hybridized carbons (Fsp3) is 0.308. The third kappa shape index (κ3) is 2.90. The van der Waals surface area contributed by atoms with Gasteiger partial charge in [-0.3, -0.25) is 9.67 Å². The molecule has 0 saturated carbocycles. The quantitative estimate of drug-likeness (QED) is 0.831. The Morgan fingerprint density at radius 3 is 2.79 bits per heavy atom. The second-order valence-electron chi connectivity index (χ2n) is 4.42. The molecule has 0 aliphatic rings. The average molecular weight is 275 g/mol. The fourth-order valence-corrected chi connectivity index (χ4v) is 2.27. The Labute approximate surface area is 117 Å². The van der Waals surface area contributed by atoms with Crippen LogP contribution in [-0.4, -0.2) is 19.8 Å². The Morgan fingerprint density at radius 1 is 1.42 bits per heavy atom. The minimum Gasteiger partial charge on any atom is -0.389 e. The molecule has 2 aromatic heterocycles. The van der Waals surface area contributed by atoms with Gasteiger partial charge in [0.05, 0.1) is 23.5 Å². The van der Waals surface area contributed by atoms with Crippen LogP contribution < -0.4 is 11.1 Å². The van der Waals surface area contributed by atoms with E-state index < -0.39 is 0 Å². The van der Waals surface area contributed by atoms with E-state index in [4.69, 9.17) is 18.0 Å². The van der Waals surface area contributed by atoms with Gasteiger partial charge in [0.15, 0.2) is 0 Å². The number of nitrogens with one attached hydrogen (secondary N) is 1. The Balaban J connectivity index is 2.22. The summed E-state index contributed by atoms with van der Waals surface area (Å²) in [7, 11) is 1.86. The van der Waals surface area contributed by atoms with Crippen molar-refractivity contribution in [1.29, 1.82) is 0 Å². The number of nitrogens with two attached hydrogens (primary N) is 1. The van der Waals surface area contributed by atoms with Gasteiger partial charge >= 0.3 is 0 Å².